The number of nitriles is 1. The van der Waals surface area contributed by atoms with Crippen LogP contribution in [0, 0.1) is 34.7 Å². The molecule has 204 valence electrons. The van der Waals surface area contributed by atoms with Crippen molar-refractivity contribution >= 4 is 18.0 Å². The predicted molar refractivity (Wildman–Crippen MR) is 142 cm³/mol. The smallest absolute Gasteiger partial charge is 0.251 e. The molecule has 1 aliphatic rings. The van der Waals surface area contributed by atoms with Gasteiger partial charge in [-0.3, -0.25) is 19.6 Å². The minimum atomic E-state index is -0.959. The van der Waals surface area contributed by atoms with E-state index in [1.54, 1.807) is 12.1 Å². The molecule has 2 aromatic carbocycles. The molecule has 2 amide bonds. The summed E-state index contributed by atoms with van der Waals surface area (Å²) in [7, 11) is 0. The zero-order valence-electron chi connectivity index (χ0n) is 21.2. The van der Waals surface area contributed by atoms with Crippen LogP contribution in [0.25, 0.3) is 11.1 Å². The third kappa shape index (κ3) is 6.91. The van der Waals surface area contributed by atoms with Gasteiger partial charge in [0.15, 0.2) is 0 Å². The van der Waals surface area contributed by atoms with Gasteiger partial charge in [0.25, 0.3) is 5.91 Å². The first-order valence-corrected chi connectivity index (χ1v) is 12.3. The molecule has 1 aliphatic carbocycles. The van der Waals surface area contributed by atoms with E-state index >= 15 is 0 Å². The number of aromatic nitrogens is 1. The molecule has 0 aliphatic heterocycles. The highest BCUT2D eigenvalue weighted by Crippen LogP contribution is 2.36. The van der Waals surface area contributed by atoms with Crippen molar-refractivity contribution in [2.45, 2.75) is 25.3 Å². The lowest BCUT2D eigenvalue weighted by Crippen LogP contribution is -2.32. The Morgan fingerprint density at radius 2 is 1.85 bits per heavy atom. The van der Waals surface area contributed by atoms with E-state index in [4.69, 9.17) is 16.7 Å². The largest absolute Gasteiger partial charge is 0.390 e. The third-order valence-corrected chi connectivity index (χ3v) is 6.32. The second-order valence-electron chi connectivity index (χ2n) is 9.32. The number of nitrogens with zero attached hydrogens (tertiary/aromatic N) is 3. The van der Waals surface area contributed by atoms with Gasteiger partial charge in [0, 0.05) is 29.6 Å². The molecule has 1 unspecified atom stereocenters. The van der Waals surface area contributed by atoms with E-state index in [-0.39, 0.29) is 35.7 Å². The summed E-state index contributed by atoms with van der Waals surface area (Å²) in [5.74, 6) is -3.72. The molecule has 0 bridgehead atoms. The molecule has 1 saturated carbocycles. The molecule has 8 nitrogen and oxygen atoms in total. The van der Waals surface area contributed by atoms with Crippen LogP contribution in [0.15, 0.2) is 71.0 Å². The number of benzene rings is 2. The summed E-state index contributed by atoms with van der Waals surface area (Å²) in [6.45, 7) is -0.312. The molecule has 0 saturated heterocycles. The number of primary amides is 1. The summed E-state index contributed by atoms with van der Waals surface area (Å²) in [6, 6.07) is 11.1. The van der Waals surface area contributed by atoms with Crippen molar-refractivity contribution in [1.82, 2.24) is 10.3 Å². The van der Waals surface area contributed by atoms with Crippen LogP contribution in [-0.4, -0.2) is 29.6 Å². The van der Waals surface area contributed by atoms with Crippen LogP contribution in [0.1, 0.15) is 40.5 Å². The van der Waals surface area contributed by atoms with Crippen molar-refractivity contribution < 1.29 is 22.8 Å². The van der Waals surface area contributed by atoms with Gasteiger partial charge in [-0.1, -0.05) is 12.1 Å². The molecule has 0 spiro atoms. The molecule has 0 radical (unpaired) electrons. The molecular weight excluding hydrogens is 521 g/mol. The Morgan fingerprint density at radius 1 is 1.12 bits per heavy atom. The molecule has 40 heavy (non-hydrogen) atoms. The van der Waals surface area contributed by atoms with Crippen LogP contribution in [-0.2, 0) is 11.2 Å². The molecular formula is C29H25F3N6O2. The maximum atomic E-state index is 14.1. The van der Waals surface area contributed by atoms with Gasteiger partial charge in [-0.25, -0.2) is 13.2 Å². The predicted octanol–water partition coefficient (Wildman–Crippen LogP) is 3.88. The van der Waals surface area contributed by atoms with Crippen LogP contribution in [0.4, 0.5) is 13.2 Å². The molecule has 5 N–H and O–H groups in total. The number of allylic oxidation sites excluding steroid dienone is 2. The number of halogens is 3. The van der Waals surface area contributed by atoms with Gasteiger partial charge in [-0.2, -0.15) is 5.26 Å². The van der Waals surface area contributed by atoms with Gasteiger partial charge in [0.2, 0.25) is 5.91 Å². The number of hydrogen-bond acceptors (Lipinski definition) is 6. The first-order valence-electron chi connectivity index (χ1n) is 12.3. The van der Waals surface area contributed by atoms with Crippen molar-refractivity contribution in [2.75, 3.05) is 6.54 Å². The lowest BCUT2D eigenvalue weighted by molar-refractivity contribution is -0.120. The van der Waals surface area contributed by atoms with E-state index in [0.717, 1.165) is 37.1 Å². The van der Waals surface area contributed by atoms with Crippen LogP contribution < -0.4 is 16.8 Å². The molecule has 1 atom stereocenters. The quantitative estimate of drug-likeness (QED) is 0.261. The number of nitrogens with one attached hydrogen (secondary N) is 1. The second kappa shape index (κ2) is 12.3. The highest BCUT2D eigenvalue weighted by Gasteiger charge is 2.27. The zero-order valence-corrected chi connectivity index (χ0v) is 21.2. The van der Waals surface area contributed by atoms with E-state index in [0.29, 0.717) is 22.4 Å². The highest BCUT2D eigenvalue weighted by atomic mass is 19.1. The van der Waals surface area contributed by atoms with Gasteiger partial charge in [-0.15, -0.1) is 0 Å². The summed E-state index contributed by atoms with van der Waals surface area (Å²) in [5, 5.41) is 11.9. The molecule has 1 heterocycles. The minimum absolute atomic E-state index is 0.0467. The van der Waals surface area contributed by atoms with Crippen LogP contribution in [0.5, 0.6) is 0 Å². The van der Waals surface area contributed by atoms with E-state index in [1.165, 1.54) is 24.5 Å². The zero-order chi connectivity index (χ0) is 28.8. The fourth-order valence-corrected chi connectivity index (χ4v) is 4.32. The highest BCUT2D eigenvalue weighted by molar-refractivity contribution is 5.94. The average Bonchev–Trinajstić information content (AvgIpc) is 3.75. The summed E-state index contributed by atoms with van der Waals surface area (Å²) in [4.78, 5) is 33.3. The lowest BCUT2D eigenvalue weighted by atomic mass is 9.94. The number of aliphatic imine (C=N–C) groups is 1. The SMILES string of the molecule is N#CC(N)=C(C=NCC(=O)NC(Cc1cc(F)cc(F)c1)c1ncccc1-c1ccc(F)c(C(N)=O)c1)C1CC1. The topological polar surface area (TPSA) is 147 Å². The van der Waals surface area contributed by atoms with Crippen LogP contribution in [0.2, 0.25) is 0 Å². The lowest BCUT2D eigenvalue weighted by Gasteiger charge is -2.21. The fourth-order valence-electron chi connectivity index (χ4n) is 4.32. The summed E-state index contributed by atoms with van der Waals surface area (Å²) < 4.78 is 42.1. The Morgan fingerprint density at radius 3 is 2.50 bits per heavy atom. The standard InChI is InChI=1S/C29H25F3N6O2/c30-19-8-16(9-20(31)12-19)10-26(38-27(39)15-36-14-23(17-3-4-17)25(34)13-33)28-21(2-1-7-37-28)18-5-6-24(32)22(11-18)29(35)40/h1-2,5-9,11-12,14,17,26H,3-4,10,15,34H2,(H2,35,40)(H,38,39). The Bertz CT molecular complexity index is 1540. The maximum Gasteiger partial charge on any atom is 0.251 e. The summed E-state index contributed by atoms with van der Waals surface area (Å²) in [5.41, 5.74) is 12.8. The number of amides is 2. The van der Waals surface area contributed by atoms with E-state index in [1.807, 2.05) is 6.07 Å². The van der Waals surface area contributed by atoms with Crippen molar-refractivity contribution in [3.8, 4) is 17.2 Å². The van der Waals surface area contributed by atoms with E-state index in [2.05, 4.69) is 15.3 Å². The van der Waals surface area contributed by atoms with E-state index in [9.17, 15) is 22.8 Å². The number of hydrogen-bond donors (Lipinski definition) is 3. The van der Waals surface area contributed by atoms with Gasteiger partial charge < -0.3 is 16.8 Å². The van der Waals surface area contributed by atoms with Gasteiger partial charge in [0.1, 0.15) is 35.8 Å². The first kappa shape index (κ1) is 28.0. The number of carbonyl (C=O) groups excluding carboxylic acids is 2. The normalized spacial score (nSPS) is 14.3. The van der Waals surface area contributed by atoms with Gasteiger partial charge in [0.05, 0.1) is 17.3 Å². The van der Waals surface area contributed by atoms with Gasteiger partial charge >= 0.3 is 0 Å². The molecule has 3 aromatic rings. The van der Waals surface area contributed by atoms with Crippen molar-refractivity contribution in [2.24, 2.45) is 22.4 Å². The fraction of sp³-hybridized carbons (Fsp3) is 0.207. The van der Waals surface area contributed by atoms with E-state index < -0.39 is 35.3 Å². The summed E-state index contributed by atoms with van der Waals surface area (Å²) >= 11 is 0. The minimum Gasteiger partial charge on any atom is -0.390 e. The Balaban J connectivity index is 1.67. The van der Waals surface area contributed by atoms with Crippen molar-refractivity contribution in [3.05, 3.63) is 100 Å². The number of carbonyl (C=O) groups is 2. The molecule has 11 heteroatoms. The number of pyridine rings is 1. The maximum absolute atomic E-state index is 14.1. The molecule has 4 rings (SSSR count). The number of nitrogens with two attached hydrogens (primary N) is 2. The molecule has 1 aromatic heterocycles. The Hall–Kier alpha value is -4.98. The Labute approximate surface area is 228 Å². The third-order valence-electron chi connectivity index (χ3n) is 6.32. The van der Waals surface area contributed by atoms with Crippen molar-refractivity contribution in [3.63, 3.8) is 0 Å². The first-order chi connectivity index (χ1) is 19.2. The van der Waals surface area contributed by atoms with Crippen LogP contribution >= 0.6 is 0 Å². The Kier molecular flexibility index (Phi) is 8.59. The van der Waals surface area contributed by atoms with Crippen LogP contribution in [0.3, 0.4) is 0 Å². The average molecular weight is 547 g/mol. The van der Waals surface area contributed by atoms with Gasteiger partial charge in [-0.05, 0) is 66.6 Å². The second-order valence-corrected chi connectivity index (χ2v) is 9.32. The monoisotopic (exact) mass is 546 g/mol. The molecule has 1 fully saturated rings. The van der Waals surface area contributed by atoms with Crippen molar-refractivity contribution in [1.29, 1.82) is 5.26 Å². The summed E-state index contributed by atoms with van der Waals surface area (Å²) in [6.07, 6.45) is 4.60. The number of rotatable bonds is 10.